The summed E-state index contributed by atoms with van der Waals surface area (Å²) >= 11 is 5.40. The molecule has 0 aliphatic heterocycles. The van der Waals surface area contributed by atoms with Crippen LogP contribution in [0.15, 0.2) is 60.7 Å². The van der Waals surface area contributed by atoms with E-state index in [1.54, 1.807) is 18.2 Å². The van der Waals surface area contributed by atoms with Gasteiger partial charge < -0.3 is 10.0 Å². The number of nitrogens with zero attached hydrogens (tertiary/aromatic N) is 1. The number of nitrogens with one attached hydrogen (secondary N) is 1. The van der Waals surface area contributed by atoms with Crippen LogP contribution in [0.4, 0.5) is 4.39 Å². The molecule has 0 aliphatic rings. The molecule has 1 amide bonds. The van der Waals surface area contributed by atoms with Crippen molar-refractivity contribution in [2.75, 3.05) is 13.2 Å². The smallest absolute Gasteiger partial charge is 0.250 e. The number of unbranched alkanes of at least 4 members (excludes halogenated alkanes) is 1. The summed E-state index contributed by atoms with van der Waals surface area (Å²) in [4.78, 5) is 14.1. The van der Waals surface area contributed by atoms with Crippen LogP contribution < -0.4 is 5.32 Å². The zero-order valence-electron chi connectivity index (χ0n) is 15.0. The molecule has 2 aromatic carbocycles. The van der Waals surface area contributed by atoms with Crippen molar-refractivity contribution in [2.45, 2.75) is 19.4 Å². The van der Waals surface area contributed by atoms with Crippen LogP contribution in [0.25, 0.3) is 6.08 Å². The summed E-state index contributed by atoms with van der Waals surface area (Å²) in [6.45, 7) is 1.34. The fraction of sp³-hybridized carbons (Fsp3) is 0.238. The van der Waals surface area contributed by atoms with Crippen LogP contribution in [0.3, 0.4) is 0 Å². The van der Waals surface area contributed by atoms with E-state index in [1.165, 1.54) is 18.2 Å². The van der Waals surface area contributed by atoms with Crippen molar-refractivity contribution in [3.63, 3.8) is 0 Å². The van der Waals surface area contributed by atoms with Gasteiger partial charge in [0.1, 0.15) is 5.82 Å². The minimum absolute atomic E-state index is 0.124. The van der Waals surface area contributed by atoms with Crippen LogP contribution in [0.5, 0.6) is 0 Å². The Kier molecular flexibility index (Phi) is 8.61. The van der Waals surface area contributed by atoms with Gasteiger partial charge in [0.15, 0.2) is 5.11 Å². The lowest BCUT2D eigenvalue weighted by Crippen LogP contribution is -2.42. The molecule has 0 fully saturated rings. The Hall–Kier alpha value is -2.57. The largest absolute Gasteiger partial charge is 0.396 e. The highest BCUT2D eigenvalue weighted by molar-refractivity contribution is 7.80. The number of carbonyl (C=O) groups is 1. The lowest BCUT2D eigenvalue weighted by atomic mass is 10.2. The summed E-state index contributed by atoms with van der Waals surface area (Å²) in [6.07, 6.45) is 4.41. The Morgan fingerprint density at radius 2 is 1.81 bits per heavy atom. The molecule has 0 aromatic heterocycles. The van der Waals surface area contributed by atoms with Crippen LogP contribution in [0.2, 0.25) is 0 Å². The topological polar surface area (TPSA) is 52.6 Å². The molecule has 0 saturated carbocycles. The highest BCUT2D eigenvalue weighted by atomic mass is 32.1. The molecule has 27 heavy (non-hydrogen) atoms. The maximum absolute atomic E-state index is 12.9. The molecule has 142 valence electrons. The zero-order valence-corrected chi connectivity index (χ0v) is 15.8. The Morgan fingerprint density at radius 3 is 2.48 bits per heavy atom. The Balaban J connectivity index is 1.96. The van der Waals surface area contributed by atoms with E-state index < -0.39 is 0 Å². The van der Waals surface area contributed by atoms with Crippen LogP contribution >= 0.6 is 12.2 Å². The summed E-state index contributed by atoms with van der Waals surface area (Å²) in [5.41, 5.74) is 1.81. The Bertz CT molecular complexity index is 764. The van der Waals surface area contributed by atoms with Crippen molar-refractivity contribution in [3.8, 4) is 0 Å². The molecule has 2 aromatic rings. The molecule has 0 heterocycles. The molecule has 0 saturated heterocycles. The van der Waals surface area contributed by atoms with E-state index in [0.717, 1.165) is 17.5 Å². The number of hydrogen-bond acceptors (Lipinski definition) is 3. The SMILES string of the molecule is O=C(C=Cc1ccc(F)cc1)NC(=S)N(CCCCO)Cc1ccccc1. The molecular weight excluding hydrogens is 363 g/mol. The standard InChI is InChI=1S/C21H23FN2O2S/c22-19-11-8-17(9-12-19)10-13-20(26)23-21(27)24(14-4-5-15-25)16-18-6-2-1-3-7-18/h1-3,6-13,25H,4-5,14-16H2,(H,23,26,27). The van der Waals surface area contributed by atoms with E-state index in [0.29, 0.717) is 24.6 Å². The van der Waals surface area contributed by atoms with Crippen LogP contribution in [-0.2, 0) is 11.3 Å². The second-order valence-electron chi connectivity index (χ2n) is 6.02. The average molecular weight is 386 g/mol. The number of amides is 1. The minimum Gasteiger partial charge on any atom is -0.396 e. The first-order chi connectivity index (χ1) is 13.1. The van der Waals surface area contributed by atoms with E-state index in [9.17, 15) is 9.18 Å². The van der Waals surface area contributed by atoms with Crippen molar-refractivity contribution in [3.05, 3.63) is 77.6 Å². The van der Waals surface area contributed by atoms with Crippen molar-refractivity contribution < 1.29 is 14.3 Å². The van der Waals surface area contributed by atoms with Gasteiger partial charge in [0.05, 0.1) is 0 Å². The molecule has 0 unspecified atom stereocenters. The Morgan fingerprint density at radius 1 is 1.11 bits per heavy atom. The summed E-state index contributed by atoms with van der Waals surface area (Å²) in [7, 11) is 0. The number of carbonyl (C=O) groups excluding carboxylic acids is 1. The molecule has 0 radical (unpaired) electrons. The number of aliphatic hydroxyl groups excluding tert-OH is 1. The van der Waals surface area contributed by atoms with Gasteiger partial charge in [-0.2, -0.15) is 0 Å². The van der Waals surface area contributed by atoms with Gasteiger partial charge >= 0.3 is 0 Å². The molecule has 6 heteroatoms. The first kappa shape index (κ1) is 20.7. The monoisotopic (exact) mass is 386 g/mol. The van der Waals surface area contributed by atoms with Crippen LogP contribution in [0, 0.1) is 5.82 Å². The van der Waals surface area contributed by atoms with E-state index in [1.807, 2.05) is 35.2 Å². The van der Waals surface area contributed by atoms with Gasteiger partial charge in [-0.3, -0.25) is 10.1 Å². The zero-order chi connectivity index (χ0) is 19.5. The number of rotatable bonds is 8. The fourth-order valence-electron chi connectivity index (χ4n) is 2.44. The van der Waals surface area contributed by atoms with E-state index in [2.05, 4.69) is 5.32 Å². The number of aliphatic hydroxyl groups is 1. The number of halogens is 1. The molecule has 2 N–H and O–H groups in total. The van der Waals surface area contributed by atoms with Gasteiger partial charge in [-0.15, -0.1) is 0 Å². The predicted octanol–water partition coefficient (Wildman–Crippen LogP) is 3.51. The van der Waals surface area contributed by atoms with Gasteiger partial charge in [-0.1, -0.05) is 42.5 Å². The first-order valence-corrected chi connectivity index (χ1v) is 9.17. The lowest BCUT2D eigenvalue weighted by Gasteiger charge is -2.25. The molecular formula is C21H23FN2O2S. The van der Waals surface area contributed by atoms with Crippen molar-refractivity contribution in [2.24, 2.45) is 0 Å². The predicted molar refractivity (Wildman–Crippen MR) is 109 cm³/mol. The summed E-state index contributed by atoms with van der Waals surface area (Å²) in [5.74, 6) is -0.665. The molecule has 4 nitrogen and oxygen atoms in total. The van der Waals surface area contributed by atoms with Crippen molar-refractivity contribution >= 4 is 29.3 Å². The molecule has 0 aliphatic carbocycles. The first-order valence-electron chi connectivity index (χ1n) is 8.77. The fourth-order valence-corrected chi connectivity index (χ4v) is 2.70. The highest BCUT2D eigenvalue weighted by Gasteiger charge is 2.12. The third-order valence-corrected chi connectivity index (χ3v) is 4.23. The number of benzene rings is 2. The normalized spacial score (nSPS) is 10.7. The third-order valence-electron chi connectivity index (χ3n) is 3.87. The second kappa shape index (κ2) is 11.2. The molecule has 0 spiro atoms. The summed E-state index contributed by atoms with van der Waals surface area (Å²) < 4.78 is 12.9. The van der Waals surface area contributed by atoms with E-state index >= 15 is 0 Å². The molecule has 0 bridgehead atoms. The van der Waals surface area contributed by atoms with Gasteiger partial charge in [-0.25, -0.2) is 4.39 Å². The maximum Gasteiger partial charge on any atom is 0.250 e. The van der Waals surface area contributed by atoms with E-state index in [-0.39, 0.29) is 18.3 Å². The van der Waals surface area contributed by atoms with Crippen LogP contribution in [0.1, 0.15) is 24.0 Å². The quantitative estimate of drug-likeness (QED) is 0.414. The molecule has 0 atom stereocenters. The number of hydrogen-bond donors (Lipinski definition) is 2. The Labute approximate surface area is 164 Å². The molecule has 2 rings (SSSR count). The van der Waals surface area contributed by atoms with E-state index in [4.69, 9.17) is 17.3 Å². The summed E-state index contributed by atoms with van der Waals surface area (Å²) in [6, 6.07) is 15.7. The van der Waals surface area contributed by atoms with Crippen LogP contribution in [-0.4, -0.2) is 34.2 Å². The van der Waals surface area contributed by atoms with Gasteiger partial charge in [0.2, 0.25) is 5.91 Å². The minimum atomic E-state index is -0.343. The third kappa shape index (κ3) is 7.68. The average Bonchev–Trinajstić information content (AvgIpc) is 2.67. The highest BCUT2D eigenvalue weighted by Crippen LogP contribution is 2.07. The number of thiocarbonyl (C=S) groups is 1. The lowest BCUT2D eigenvalue weighted by molar-refractivity contribution is -0.115. The van der Waals surface area contributed by atoms with Crippen molar-refractivity contribution in [1.29, 1.82) is 0 Å². The van der Waals surface area contributed by atoms with Crippen molar-refractivity contribution in [1.82, 2.24) is 10.2 Å². The van der Waals surface area contributed by atoms with Gasteiger partial charge in [0.25, 0.3) is 0 Å². The second-order valence-corrected chi connectivity index (χ2v) is 6.40. The van der Waals surface area contributed by atoms with Gasteiger partial charge in [-0.05, 0) is 54.4 Å². The van der Waals surface area contributed by atoms with Gasteiger partial charge in [0, 0.05) is 25.8 Å². The maximum atomic E-state index is 12.9. The summed E-state index contributed by atoms with van der Waals surface area (Å²) in [5, 5.41) is 12.0.